The Kier molecular flexibility index (Phi) is 5.25. The van der Waals surface area contributed by atoms with Gasteiger partial charge in [0.25, 0.3) is 0 Å². The number of amides is 1. The molecular formula is C13H26N2O2. The van der Waals surface area contributed by atoms with Crippen molar-refractivity contribution in [1.29, 1.82) is 0 Å². The van der Waals surface area contributed by atoms with Gasteiger partial charge in [0.2, 0.25) is 0 Å². The summed E-state index contributed by atoms with van der Waals surface area (Å²) in [5.41, 5.74) is -0.406. The summed E-state index contributed by atoms with van der Waals surface area (Å²) in [5.74, 6) is 0.551. The van der Waals surface area contributed by atoms with Gasteiger partial charge in [-0.2, -0.15) is 0 Å². The number of rotatable bonds is 2. The van der Waals surface area contributed by atoms with E-state index in [0.717, 1.165) is 39.0 Å². The van der Waals surface area contributed by atoms with E-state index >= 15 is 0 Å². The molecule has 0 aromatic carbocycles. The summed E-state index contributed by atoms with van der Waals surface area (Å²) in [5, 5.41) is 3.38. The van der Waals surface area contributed by atoms with Crippen molar-refractivity contribution in [3.05, 3.63) is 0 Å². The lowest BCUT2D eigenvalue weighted by Crippen LogP contribution is -2.40. The lowest BCUT2D eigenvalue weighted by Gasteiger charge is -2.28. The molecule has 1 N–H and O–H groups in total. The molecule has 1 aliphatic rings. The zero-order chi connectivity index (χ0) is 12.9. The Morgan fingerprint density at radius 1 is 1.47 bits per heavy atom. The predicted molar refractivity (Wildman–Crippen MR) is 69.1 cm³/mol. The Morgan fingerprint density at radius 3 is 2.76 bits per heavy atom. The average molecular weight is 242 g/mol. The van der Waals surface area contributed by atoms with Gasteiger partial charge in [0.15, 0.2) is 0 Å². The molecule has 1 rings (SSSR count). The molecule has 1 atom stereocenters. The Balaban J connectivity index is 2.53. The fourth-order valence-electron chi connectivity index (χ4n) is 2.08. The minimum absolute atomic E-state index is 0.178. The van der Waals surface area contributed by atoms with Gasteiger partial charge >= 0.3 is 6.09 Å². The SMILES string of the molecule is CCCC1CNCCN(C(=O)OC(C)(C)C)C1. The van der Waals surface area contributed by atoms with Crippen molar-refractivity contribution >= 4 is 6.09 Å². The van der Waals surface area contributed by atoms with E-state index in [1.165, 1.54) is 0 Å². The van der Waals surface area contributed by atoms with Gasteiger partial charge in [0, 0.05) is 19.6 Å². The average Bonchev–Trinajstić information content (AvgIpc) is 2.41. The molecule has 0 radical (unpaired) electrons. The predicted octanol–water partition coefficient (Wildman–Crippen LogP) is 2.24. The highest BCUT2D eigenvalue weighted by molar-refractivity contribution is 5.68. The molecule has 0 aliphatic carbocycles. The number of nitrogens with one attached hydrogen (secondary N) is 1. The summed E-state index contributed by atoms with van der Waals surface area (Å²) in [6.45, 7) is 11.3. The molecule has 0 bridgehead atoms. The van der Waals surface area contributed by atoms with Crippen LogP contribution in [0.1, 0.15) is 40.5 Å². The van der Waals surface area contributed by atoms with Crippen molar-refractivity contribution < 1.29 is 9.53 Å². The quantitative estimate of drug-likeness (QED) is 0.807. The Bertz CT molecular complexity index is 248. The number of hydrogen-bond donors (Lipinski definition) is 1. The van der Waals surface area contributed by atoms with E-state index in [1.54, 1.807) is 0 Å². The maximum atomic E-state index is 12.0. The van der Waals surface area contributed by atoms with Gasteiger partial charge in [0.1, 0.15) is 5.60 Å². The third-order valence-corrected chi connectivity index (χ3v) is 2.82. The van der Waals surface area contributed by atoms with Crippen LogP contribution in [0.3, 0.4) is 0 Å². The number of ether oxygens (including phenoxy) is 1. The maximum absolute atomic E-state index is 12.0. The molecule has 1 fully saturated rings. The van der Waals surface area contributed by atoms with Gasteiger partial charge < -0.3 is 15.0 Å². The van der Waals surface area contributed by atoms with Gasteiger partial charge in [-0.25, -0.2) is 4.79 Å². The summed E-state index contributed by atoms with van der Waals surface area (Å²) in [4.78, 5) is 13.8. The Morgan fingerprint density at radius 2 is 2.18 bits per heavy atom. The van der Waals surface area contributed by atoms with Gasteiger partial charge in [-0.15, -0.1) is 0 Å². The Hall–Kier alpha value is -0.770. The molecule has 1 aliphatic heterocycles. The molecule has 1 saturated heterocycles. The first-order chi connectivity index (χ1) is 7.92. The third kappa shape index (κ3) is 5.39. The van der Waals surface area contributed by atoms with E-state index in [-0.39, 0.29) is 6.09 Å². The zero-order valence-electron chi connectivity index (χ0n) is 11.6. The van der Waals surface area contributed by atoms with Crippen LogP contribution in [-0.2, 0) is 4.74 Å². The molecule has 0 saturated carbocycles. The van der Waals surface area contributed by atoms with Crippen molar-refractivity contribution in [2.45, 2.75) is 46.1 Å². The third-order valence-electron chi connectivity index (χ3n) is 2.82. The minimum Gasteiger partial charge on any atom is -0.444 e. The molecule has 1 heterocycles. The number of nitrogens with zero attached hydrogens (tertiary/aromatic N) is 1. The molecule has 0 aromatic rings. The van der Waals surface area contributed by atoms with Crippen LogP contribution in [-0.4, -0.2) is 42.8 Å². The first-order valence-electron chi connectivity index (χ1n) is 6.61. The van der Waals surface area contributed by atoms with Crippen LogP contribution in [0.5, 0.6) is 0 Å². The van der Waals surface area contributed by atoms with E-state index in [0.29, 0.717) is 5.92 Å². The minimum atomic E-state index is -0.406. The molecule has 100 valence electrons. The number of carbonyl (C=O) groups is 1. The highest BCUT2D eigenvalue weighted by atomic mass is 16.6. The van der Waals surface area contributed by atoms with Crippen LogP contribution >= 0.6 is 0 Å². The monoisotopic (exact) mass is 242 g/mol. The number of hydrogen-bond acceptors (Lipinski definition) is 3. The van der Waals surface area contributed by atoms with Crippen LogP contribution in [0.2, 0.25) is 0 Å². The summed E-state index contributed by atoms with van der Waals surface area (Å²) in [7, 11) is 0. The van der Waals surface area contributed by atoms with Crippen molar-refractivity contribution in [2.75, 3.05) is 26.2 Å². The highest BCUT2D eigenvalue weighted by Gasteiger charge is 2.25. The first kappa shape index (κ1) is 14.3. The van der Waals surface area contributed by atoms with Crippen LogP contribution in [0.4, 0.5) is 4.79 Å². The molecule has 0 aromatic heterocycles. The van der Waals surface area contributed by atoms with Crippen molar-refractivity contribution in [3.8, 4) is 0 Å². The lowest BCUT2D eigenvalue weighted by molar-refractivity contribution is 0.0239. The molecule has 0 spiro atoms. The van der Waals surface area contributed by atoms with Crippen molar-refractivity contribution in [3.63, 3.8) is 0 Å². The number of carbonyl (C=O) groups excluding carboxylic acids is 1. The van der Waals surface area contributed by atoms with E-state index in [2.05, 4.69) is 12.2 Å². The topological polar surface area (TPSA) is 41.6 Å². The van der Waals surface area contributed by atoms with E-state index in [1.807, 2.05) is 25.7 Å². The Labute approximate surface area is 105 Å². The van der Waals surface area contributed by atoms with E-state index in [4.69, 9.17) is 4.74 Å². The largest absolute Gasteiger partial charge is 0.444 e. The molecular weight excluding hydrogens is 216 g/mol. The van der Waals surface area contributed by atoms with E-state index < -0.39 is 5.60 Å². The van der Waals surface area contributed by atoms with Gasteiger partial charge in [-0.05, 0) is 39.7 Å². The lowest BCUT2D eigenvalue weighted by atomic mass is 10.0. The fourth-order valence-corrected chi connectivity index (χ4v) is 2.08. The summed E-state index contributed by atoms with van der Waals surface area (Å²) < 4.78 is 5.42. The van der Waals surface area contributed by atoms with Crippen LogP contribution in [0.15, 0.2) is 0 Å². The summed E-state index contributed by atoms with van der Waals surface area (Å²) >= 11 is 0. The molecule has 1 amide bonds. The molecule has 17 heavy (non-hydrogen) atoms. The van der Waals surface area contributed by atoms with Gasteiger partial charge in [0.05, 0.1) is 0 Å². The standard InChI is InChI=1S/C13H26N2O2/c1-5-6-11-9-14-7-8-15(10-11)12(16)17-13(2,3)4/h11,14H,5-10H2,1-4H3. The van der Waals surface area contributed by atoms with Crippen LogP contribution in [0, 0.1) is 5.92 Å². The second-order valence-corrected chi connectivity index (χ2v) is 5.79. The normalized spacial score (nSPS) is 22.1. The molecule has 4 nitrogen and oxygen atoms in total. The smallest absolute Gasteiger partial charge is 0.410 e. The second-order valence-electron chi connectivity index (χ2n) is 5.79. The summed E-state index contributed by atoms with van der Waals surface area (Å²) in [6.07, 6.45) is 2.14. The first-order valence-corrected chi connectivity index (χ1v) is 6.61. The van der Waals surface area contributed by atoms with Crippen LogP contribution in [0.25, 0.3) is 0 Å². The van der Waals surface area contributed by atoms with E-state index in [9.17, 15) is 4.79 Å². The molecule has 1 unspecified atom stereocenters. The maximum Gasteiger partial charge on any atom is 0.410 e. The van der Waals surface area contributed by atoms with Crippen LogP contribution < -0.4 is 5.32 Å². The summed E-state index contributed by atoms with van der Waals surface area (Å²) in [6, 6.07) is 0. The van der Waals surface area contributed by atoms with Crippen molar-refractivity contribution in [2.24, 2.45) is 5.92 Å². The van der Waals surface area contributed by atoms with Gasteiger partial charge in [-0.1, -0.05) is 13.3 Å². The highest BCUT2D eigenvalue weighted by Crippen LogP contribution is 2.14. The fraction of sp³-hybridized carbons (Fsp3) is 0.923. The zero-order valence-corrected chi connectivity index (χ0v) is 11.6. The van der Waals surface area contributed by atoms with Crippen molar-refractivity contribution in [1.82, 2.24) is 10.2 Å². The van der Waals surface area contributed by atoms with Gasteiger partial charge in [-0.3, -0.25) is 0 Å². The second kappa shape index (κ2) is 6.24. The molecule has 4 heteroatoms.